The van der Waals surface area contributed by atoms with Gasteiger partial charge in [-0.05, 0) is 18.4 Å². The molecular formula is C13H15Br2NO4. The van der Waals surface area contributed by atoms with Crippen molar-refractivity contribution in [3.63, 3.8) is 0 Å². The first-order valence-electron chi connectivity index (χ1n) is 6.22. The van der Waals surface area contributed by atoms with Gasteiger partial charge < -0.3 is 8.40 Å². The predicted molar refractivity (Wildman–Crippen MR) is 68.8 cm³/mol. The Morgan fingerprint density at radius 3 is 2.40 bits per heavy atom. The van der Waals surface area contributed by atoms with Crippen molar-refractivity contribution in [1.82, 2.24) is 5.06 Å². The van der Waals surface area contributed by atoms with Crippen LogP contribution in [-0.4, -0.2) is 29.3 Å². The third-order valence-corrected chi connectivity index (χ3v) is 4.87. The van der Waals surface area contributed by atoms with E-state index in [1.807, 2.05) is 30.3 Å². The SMILES string of the molecule is O=C(CBr)C1(c2ccccc2)CCN(O[Br+2]([O-])[O-])CC1. The molecule has 0 aromatic heterocycles. The van der Waals surface area contributed by atoms with Gasteiger partial charge in [-0.25, -0.2) is 0 Å². The maximum absolute atomic E-state index is 12.4. The molecule has 0 amide bonds. The van der Waals surface area contributed by atoms with E-state index in [0.717, 1.165) is 5.56 Å². The summed E-state index contributed by atoms with van der Waals surface area (Å²) >= 11 is 0.0000965. The summed E-state index contributed by atoms with van der Waals surface area (Å²) in [5.74, 6) is 0.123. The number of alkyl halides is 1. The maximum Gasteiger partial charge on any atom is 0.464 e. The van der Waals surface area contributed by atoms with Gasteiger partial charge in [-0.15, -0.1) is 0 Å². The van der Waals surface area contributed by atoms with E-state index in [4.69, 9.17) is 3.93 Å². The lowest BCUT2D eigenvalue weighted by molar-refractivity contribution is -1.64. The number of Topliss-reactive ketones (excluding diaryl/α,β-unsaturated/α-hetero) is 1. The van der Waals surface area contributed by atoms with Gasteiger partial charge in [-0.1, -0.05) is 51.3 Å². The molecule has 0 atom stereocenters. The molecule has 0 N–H and O–H groups in total. The van der Waals surface area contributed by atoms with Crippen LogP contribution >= 0.6 is 15.9 Å². The summed E-state index contributed by atoms with van der Waals surface area (Å²) in [7, 11) is 0. The summed E-state index contributed by atoms with van der Waals surface area (Å²) in [6.07, 6.45) is 1.11. The van der Waals surface area contributed by atoms with Crippen LogP contribution in [0.25, 0.3) is 0 Å². The predicted octanol–water partition coefficient (Wildman–Crippen LogP) is 0.00210. The van der Waals surface area contributed by atoms with Crippen LogP contribution < -0.4 is 8.40 Å². The zero-order valence-electron chi connectivity index (χ0n) is 10.8. The molecule has 1 aromatic carbocycles. The molecule has 0 bridgehead atoms. The van der Waals surface area contributed by atoms with Gasteiger partial charge in [0.15, 0.2) is 5.78 Å². The van der Waals surface area contributed by atoms with Crippen LogP contribution in [0, 0.1) is 14.8 Å². The minimum Gasteiger partial charge on any atom is -0.371 e. The smallest absolute Gasteiger partial charge is 0.371 e. The molecule has 0 spiro atoms. The molecule has 2 rings (SSSR count). The van der Waals surface area contributed by atoms with E-state index >= 15 is 0 Å². The fourth-order valence-corrected chi connectivity index (χ4v) is 3.79. The molecule has 1 aromatic rings. The minimum absolute atomic E-state index is 0.123. The van der Waals surface area contributed by atoms with Crippen LogP contribution in [0.15, 0.2) is 30.3 Å². The zero-order valence-corrected chi connectivity index (χ0v) is 13.9. The van der Waals surface area contributed by atoms with Crippen molar-refractivity contribution in [2.24, 2.45) is 0 Å². The molecular weight excluding hydrogens is 394 g/mol. The van der Waals surface area contributed by atoms with Gasteiger partial charge in [0.1, 0.15) is 0 Å². The second-order valence-corrected chi connectivity index (χ2v) is 6.34. The average molecular weight is 409 g/mol. The van der Waals surface area contributed by atoms with Gasteiger partial charge in [-0.3, -0.25) is 4.79 Å². The lowest BCUT2D eigenvalue weighted by Crippen LogP contribution is -2.50. The molecule has 1 aliphatic rings. The van der Waals surface area contributed by atoms with Crippen LogP contribution in [-0.2, 0) is 14.1 Å². The lowest BCUT2D eigenvalue weighted by Gasteiger charge is -2.38. The minimum atomic E-state index is -3.25. The highest BCUT2D eigenvalue weighted by Gasteiger charge is 2.43. The zero-order chi connectivity index (χ0) is 14.6. The van der Waals surface area contributed by atoms with Crippen LogP contribution in [0.2, 0.25) is 0 Å². The highest BCUT2D eigenvalue weighted by Crippen LogP contribution is 2.37. The van der Waals surface area contributed by atoms with Crippen molar-refractivity contribution in [3.05, 3.63) is 35.9 Å². The molecule has 7 heteroatoms. The Hall–Kier alpha value is -0.310. The molecule has 0 radical (unpaired) electrons. The van der Waals surface area contributed by atoms with Crippen LogP contribution in [0.4, 0.5) is 0 Å². The number of nitrogens with zero attached hydrogens (tertiary/aromatic N) is 1. The quantitative estimate of drug-likeness (QED) is 0.641. The van der Waals surface area contributed by atoms with Gasteiger partial charge in [0.25, 0.3) is 0 Å². The number of carbonyl (C=O) groups excluding carboxylic acids is 1. The summed E-state index contributed by atoms with van der Waals surface area (Å²) < 4.78 is 26.0. The van der Waals surface area contributed by atoms with Crippen LogP contribution in [0.1, 0.15) is 18.4 Å². The van der Waals surface area contributed by atoms with Crippen molar-refractivity contribution >= 4 is 21.7 Å². The number of ketones is 1. The molecule has 1 saturated heterocycles. The van der Waals surface area contributed by atoms with E-state index in [1.54, 1.807) is 0 Å². The molecule has 1 heterocycles. The van der Waals surface area contributed by atoms with E-state index in [2.05, 4.69) is 15.9 Å². The number of hydroxylamine groups is 2. The van der Waals surface area contributed by atoms with Gasteiger partial charge in [0.05, 0.1) is 14.7 Å². The molecule has 5 nitrogen and oxygen atoms in total. The van der Waals surface area contributed by atoms with Crippen molar-refractivity contribution < 1.29 is 31.9 Å². The Kier molecular flexibility index (Phi) is 5.71. The van der Waals surface area contributed by atoms with Crippen LogP contribution in [0.3, 0.4) is 0 Å². The van der Waals surface area contributed by atoms with Gasteiger partial charge in [-0.2, -0.15) is 0 Å². The maximum atomic E-state index is 12.4. The number of carbonyl (C=O) groups is 1. The summed E-state index contributed by atoms with van der Waals surface area (Å²) in [5.41, 5.74) is 0.433. The van der Waals surface area contributed by atoms with Crippen molar-refractivity contribution in [2.45, 2.75) is 18.3 Å². The molecule has 1 fully saturated rings. The molecule has 110 valence electrons. The van der Waals surface area contributed by atoms with E-state index in [1.165, 1.54) is 5.06 Å². The van der Waals surface area contributed by atoms with Crippen LogP contribution in [0.5, 0.6) is 0 Å². The third kappa shape index (κ3) is 3.47. The van der Waals surface area contributed by atoms with Gasteiger partial charge >= 0.3 is 14.8 Å². The molecule has 0 unspecified atom stereocenters. The second kappa shape index (κ2) is 7.11. The Morgan fingerprint density at radius 2 is 1.90 bits per heavy atom. The number of piperidine rings is 1. The molecule has 0 aliphatic carbocycles. The average Bonchev–Trinajstić information content (AvgIpc) is 2.48. The van der Waals surface area contributed by atoms with Crippen molar-refractivity contribution in [2.75, 3.05) is 18.4 Å². The number of rotatable bonds is 5. The first-order chi connectivity index (χ1) is 9.58. The Balaban J connectivity index is 2.18. The summed E-state index contributed by atoms with van der Waals surface area (Å²) in [6.45, 7) is 0.847. The van der Waals surface area contributed by atoms with E-state index in [0.29, 0.717) is 31.3 Å². The summed E-state index contributed by atoms with van der Waals surface area (Å²) in [4.78, 5) is 12.4. The molecule has 1 aliphatic heterocycles. The second-order valence-electron chi connectivity index (χ2n) is 4.69. The highest BCUT2D eigenvalue weighted by molar-refractivity contribution is 9.09. The highest BCUT2D eigenvalue weighted by atomic mass is 80.0. The Labute approximate surface area is 131 Å². The fraction of sp³-hybridized carbons (Fsp3) is 0.462. The Morgan fingerprint density at radius 1 is 1.30 bits per heavy atom. The lowest BCUT2D eigenvalue weighted by atomic mass is 9.70. The van der Waals surface area contributed by atoms with E-state index in [9.17, 15) is 13.2 Å². The summed E-state index contributed by atoms with van der Waals surface area (Å²) in [5, 5.41) is 1.71. The normalized spacial score (nSPS) is 19.2. The fourth-order valence-electron chi connectivity index (χ4n) is 2.63. The monoisotopic (exact) mass is 407 g/mol. The number of benzene rings is 1. The van der Waals surface area contributed by atoms with Gasteiger partial charge in [0.2, 0.25) is 0 Å². The van der Waals surface area contributed by atoms with Crippen molar-refractivity contribution in [1.29, 1.82) is 0 Å². The van der Waals surface area contributed by atoms with E-state index < -0.39 is 20.2 Å². The first-order valence-corrected chi connectivity index (χ1v) is 9.28. The third-order valence-electron chi connectivity index (χ3n) is 3.71. The van der Waals surface area contributed by atoms with Gasteiger partial charge in [0, 0.05) is 13.1 Å². The molecule has 0 saturated carbocycles. The topological polar surface area (TPSA) is 75.7 Å². The Bertz CT molecular complexity index is 447. The van der Waals surface area contributed by atoms with E-state index in [-0.39, 0.29) is 5.78 Å². The first kappa shape index (κ1) is 16.1. The molecule has 20 heavy (non-hydrogen) atoms. The number of halogens is 2. The summed E-state index contributed by atoms with van der Waals surface area (Å²) in [6, 6.07) is 9.65. The number of hydrogen-bond acceptors (Lipinski definition) is 5. The van der Waals surface area contributed by atoms with Crippen molar-refractivity contribution in [3.8, 4) is 0 Å². The largest absolute Gasteiger partial charge is 0.464 e. The number of hydrogen-bond donors (Lipinski definition) is 0. The standard InChI is InChI=1S/C13H15Br2NO4/c14-10-12(17)13(11-4-2-1-3-5-11)6-8-16(9-7-13)20-15(18)19/h1-5H,6-10H2.